The molecule has 0 spiro atoms. The lowest BCUT2D eigenvalue weighted by Crippen LogP contribution is -2.30. The minimum atomic E-state index is -4.96. The molecule has 106 heavy (non-hydrogen) atoms. The van der Waals surface area contributed by atoms with Gasteiger partial charge in [0.15, 0.2) is 12.2 Å². The number of aliphatic hydroxyl groups excluding tert-OH is 1. The first-order valence-corrected chi connectivity index (χ1v) is 47.7. The maximum absolute atomic E-state index is 13.1. The molecule has 0 radical (unpaired) electrons. The zero-order valence-electron chi connectivity index (χ0n) is 70.1. The highest BCUT2D eigenvalue weighted by Gasteiger charge is 2.31. The minimum absolute atomic E-state index is 0.106. The van der Waals surface area contributed by atoms with Gasteiger partial charge in [0.2, 0.25) is 0 Å². The fourth-order valence-electron chi connectivity index (χ4n) is 13.5. The van der Waals surface area contributed by atoms with E-state index >= 15 is 0 Å². The van der Waals surface area contributed by atoms with Crippen molar-refractivity contribution in [2.45, 2.75) is 472 Å². The summed E-state index contributed by atoms with van der Waals surface area (Å²) in [7, 11) is -9.93. The molecule has 6 atom stereocenters. The summed E-state index contributed by atoms with van der Waals surface area (Å²) >= 11 is 0. The van der Waals surface area contributed by atoms with E-state index in [0.717, 1.165) is 114 Å². The smallest absolute Gasteiger partial charge is 0.462 e. The number of hydrogen-bond donors (Lipinski definition) is 3. The number of esters is 4. The van der Waals surface area contributed by atoms with Crippen molar-refractivity contribution in [1.82, 2.24) is 0 Å². The molecule has 17 nitrogen and oxygen atoms in total. The monoisotopic (exact) mass is 1550 g/mol. The van der Waals surface area contributed by atoms with Crippen molar-refractivity contribution in [1.29, 1.82) is 0 Å². The van der Waals surface area contributed by atoms with Crippen LogP contribution in [0, 0.1) is 23.7 Å². The third-order valence-corrected chi connectivity index (χ3v) is 22.6. The lowest BCUT2D eigenvalue weighted by Gasteiger charge is -2.21. The quantitative estimate of drug-likeness (QED) is 0.0222. The molecule has 0 amide bonds. The van der Waals surface area contributed by atoms with Crippen LogP contribution in [0.1, 0.15) is 453 Å². The van der Waals surface area contributed by atoms with Gasteiger partial charge < -0.3 is 33.8 Å². The topological polar surface area (TPSA) is 237 Å². The molecule has 3 N–H and O–H groups in total. The molecule has 0 aliphatic heterocycles. The summed E-state index contributed by atoms with van der Waals surface area (Å²) in [6.07, 6.45) is 65.5. The first-order chi connectivity index (χ1) is 51.1. The fourth-order valence-corrected chi connectivity index (χ4v) is 15.0. The van der Waals surface area contributed by atoms with E-state index in [9.17, 15) is 43.2 Å². The highest BCUT2D eigenvalue weighted by molar-refractivity contribution is 7.47. The van der Waals surface area contributed by atoms with E-state index in [4.69, 9.17) is 37.0 Å². The van der Waals surface area contributed by atoms with Gasteiger partial charge in [-0.15, -0.1) is 0 Å². The molecule has 0 rings (SSSR count). The Hall–Kier alpha value is -1.94. The van der Waals surface area contributed by atoms with Crippen molar-refractivity contribution in [2.75, 3.05) is 39.6 Å². The molecule has 630 valence electrons. The highest BCUT2D eigenvalue weighted by Crippen LogP contribution is 2.45. The predicted octanol–water partition coefficient (Wildman–Crippen LogP) is 26.3. The second-order valence-electron chi connectivity index (χ2n) is 33.0. The van der Waals surface area contributed by atoms with Crippen LogP contribution in [0.2, 0.25) is 0 Å². The van der Waals surface area contributed by atoms with Gasteiger partial charge in [-0.05, 0) is 49.4 Å². The van der Waals surface area contributed by atoms with E-state index in [0.29, 0.717) is 31.6 Å². The molecule has 0 fully saturated rings. The van der Waals surface area contributed by atoms with Crippen LogP contribution in [0.3, 0.4) is 0 Å². The number of carbonyl (C=O) groups excluding carboxylic acids is 4. The second-order valence-corrected chi connectivity index (χ2v) is 35.9. The van der Waals surface area contributed by atoms with E-state index < -0.39 is 97.5 Å². The summed E-state index contributed by atoms with van der Waals surface area (Å²) < 4.78 is 68.9. The Bertz CT molecular complexity index is 2060. The van der Waals surface area contributed by atoms with Gasteiger partial charge in [-0.25, -0.2) is 9.13 Å². The molecule has 0 saturated heterocycles. The summed E-state index contributed by atoms with van der Waals surface area (Å²) in [5.74, 6) is 1.04. The molecule has 0 aliphatic rings. The molecule has 0 aromatic rings. The molecule has 0 aromatic carbocycles. The van der Waals surface area contributed by atoms with Crippen LogP contribution < -0.4 is 0 Å². The number of ether oxygens (including phenoxy) is 4. The summed E-state index contributed by atoms with van der Waals surface area (Å²) in [6, 6.07) is 0. The third kappa shape index (κ3) is 78.7. The summed E-state index contributed by atoms with van der Waals surface area (Å²) in [5.41, 5.74) is 0. The Morgan fingerprint density at radius 3 is 0.670 bits per heavy atom. The first kappa shape index (κ1) is 104. The van der Waals surface area contributed by atoms with Gasteiger partial charge >= 0.3 is 39.5 Å². The number of hydrogen-bond acceptors (Lipinski definition) is 15. The summed E-state index contributed by atoms with van der Waals surface area (Å²) in [5, 5.41) is 10.7. The largest absolute Gasteiger partial charge is 0.472 e. The summed E-state index contributed by atoms with van der Waals surface area (Å²) in [4.78, 5) is 73.2. The van der Waals surface area contributed by atoms with E-state index in [1.807, 2.05) is 0 Å². The van der Waals surface area contributed by atoms with Crippen LogP contribution in [0.25, 0.3) is 0 Å². The Balaban J connectivity index is 5.16. The molecule has 19 heteroatoms. The molecular weight excluding hydrogens is 1380 g/mol. The van der Waals surface area contributed by atoms with Gasteiger partial charge in [-0.1, -0.05) is 402 Å². The first-order valence-electron chi connectivity index (χ1n) is 44.7. The zero-order chi connectivity index (χ0) is 78.1. The van der Waals surface area contributed by atoms with Crippen LogP contribution in [0.5, 0.6) is 0 Å². The maximum Gasteiger partial charge on any atom is 0.472 e. The highest BCUT2D eigenvalue weighted by atomic mass is 31.2. The lowest BCUT2D eigenvalue weighted by atomic mass is 9.99. The average Bonchev–Trinajstić information content (AvgIpc) is 0.900. The second kappa shape index (κ2) is 75.7. The van der Waals surface area contributed by atoms with Gasteiger partial charge in [0.25, 0.3) is 0 Å². The standard InChI is InChI=1S/C87H170O17P2/c1-9-80(8)66-58-50-42-34-27-23-19-15-11-13-17-21-25-29-36-44-53-61-69-86(91)104-83(74-98-85(90)68-60-52-46-38-41-49-57-65-79(6)7)76-102-106(95,96)100-72-81(88)71-99-105(93,94)101-75-82(103-87(92)70-62-54-45-37-31-30-33-40-48-56-64-78(4)5)73-97-84(89)67-59-51-43-35-28-24-20-16-12-10-14-18-22-26-32-39-47-55-63-77(2)3/h77-83,88H,9-76H2,1-8H3,(H,93,94)(H,95,96)/t80?,81?,82-,83-/m1/s1. The number of unbranched alkanes of at least 4 members (excludes halogenated alkanes) is 49. The normalized spacial score (nSPS) is 14.2. The number of rotatable bonds is 84. The van der Waals surface area contributed by atoms with Crippen molar-refractivity contribution >= 4 is 39.5 Å². The van der Waals surface area contributed by atoms with Gasteiger partial charge in [0, 0.05) is 25.7 Å². The van der Waals surface area contributed by atoms with E-state index in [-0.39, 0.29) is 25.7 Å². The van der Waals surface area contributed by atoms with Crippen LogP contribution >= 0.6 is 15.6 Å². The molecule has 0 bridgehead atoms. The Morgan fingerprint density at radius 1 is 0.264 bits per heavy atom. The van der Waals surface area contributed by atoms with E-state index in [1.165, 1.54) is 250 Å². The van der Waals surface area contributed by atoms with Crippen molar-refractivity contribution in [3.05, 3.63) is 0 Å². The van der Waals surface area contributed by atoms with Gasteiger partial charge in [-0.2, -0.15) is 0 Å². The Labute approximate surface area is 651 Å². The SMILES string of the molecule is CCC(C)CCCCCCCCCCCCCCCCCCCCC(=O)O[C@H](COC(=O)CCCCCCCCCC(C)C)COP(=O)(O)OCC(O)COP(=O)(O)OC[C@@H](COC(=O)CCCCCCCCCCCCCCCCCCCCC(C)C)OC(=O)CCCCCCCCCCCCC(C)C. The minimum Gasteiger partial charge on any atom is -0.462 e. The van der Waals surface area contributed by atoms with Crippen LogP contribution in [0.4, 0.5) is 0 Å². The van der Waals surface area contributed by atoms with E-state index in [1.54, 1.807) is 0 Å². The van der Waals surface area contributed by atoms with Crippen LogP contribution in [0.15, 0.2) is 0 Å². The molecule has 0 heterocycles. The lowest BCUT2D eigenvalue weighted by molar-refractivity contribution is -0.161. The molecule has 0 aromatic heterocycles. The van der Waals surface area contributed by atoms with Crippen LogP contribution in [-0.4, -0.2) is 96.7 Å². The molecular formula is C87H170O17P2. The van der Waals surface area contributed by atoms with Gasteiger partial charge in [-0.3, -0.25) is 37.3 Å². The molecule has 0 saturated carbocycles. The Morgan fingerprint density at radius 2 is 0.453 bits per heavy atom. The van der Waals surface area contributed by atoms with E-state index in [2.05, 4.69) is 55.4 Å². The van der Waals surface area contributed by atoms with Crippen molar-refractivity contribution < 1.29 is 80.2 Å². The fraction of sp³-hybridized carbons (Fsp3) is 0.954. The van der Waals surface area contributed by atoms with Gasteiger partial charge in [0.1, 0.15) is 19.3 Å². The molecule has 0 aliphatic carbocycles. The summed E-state index contributed by atoms with van der Waals surface area (Å²) in [6.45, 7) is 14.3. The Kier molecular flexibility index (Phi) is 74.3. The van der Waals surface area contributed by atoms with Crippen molar-refractivity contribution in [3.63, 3.8) is 0 Å². The van der Waals surface area contributed by atoms with Crippen LogP contribution in [-0.2, 0) is 65.4 Å². The average molecular weight is 1550 g/mol. The zero-order valence-corrected chi connectivity index (χ0v) is 71.9. The number of carbonyl (C=O) groups is 4. The number of aliphatic hydroxyl groups is 1. The predicted molar refractivity (Wildman–Crippen MR) is 437 cm³/mol. The molecule has 4 unspecified atom stereocenters. The van der Waals surface area contributed by atoms with Gasteiger partial charge in [0.05, 0.1) is 26.4 Å². The maximum atomic E-state index is 13.1. The van der Waals surface area contributed by atoms with Crippen molar-refractivity contribution in [3.8, 4) is 0 Å². The van der Waals surface area contributed by atoms with Crippen molar-refractivity contribution in [2.24, 2.45) is 23.7 Å². The number of phosphoric acid groups is 2. The number of phosphoric ester groups is 2. The third-order valence-electron chi connectivity index (χ3n) is 20.7.